The highest BCUT2D eigenvalue weighted by Crippen LogP contribution is 2.52. The first-order valence-corrected chi connectivity index (χ1v) is 17.7. The van der Waals surface area contributed by atoms with Gasteiger partial charge in [-0.05, 0) is 92.7 Å². The minimum Gasteiger partial charge on any atom is -0.0704 e. The minimum absolute atomic E-state index is 0.617. The van der Waals surface area contributed by atoms with Crippen LogP contribution in [-0.4, -0.2) is 8.07 Å². The van der Waals surface area contributed by atoms with E-state index in [9.17, 15) is 0 Å². The molecular formula is C36H34Br2Si. The Kier molecular flexibility index (Phi) is 7.20. The normalized spacial score (nSPS) is 14.5. The van der Waals surface area contributed by atoms with Crippen LogP contribution in [0.25, 0.3) is 34.4 Å². The van der Waals surface area contributed by atoms with Crippen LogP contribution >= 0.6 is 31.9 Å². The number of allylic oxidation sites excluding steroid dienone is 2. The standard InChI is InChI=1S/C36H34Br2Si/c1-23(2)39(24(3)4,31-19-27-7-5-9-33(35(27)21-31)25-11-15-29(37)16-12-25)32-20-28-8-6-10-34(36(28)22-32)26-13-17-30(38)18-14-26/h5-18,21-24H,19-20H2,1-4H3. The van der Waals surface area contributed by atoms with Crippen LogP contribution in [0.3, 0.4) is 0 Å². The molecule has 0 atom stereocenters. The highest BCUT2D eigenvalue weighted by Gasteiger charge is 2.48. The summed E-state index contributed by atoms with van der Waals surface area (Å²) in [5.41, 5.74) is 12.3. The van der Waals surface area contributed by atoms with Gasteiger partial charge in [-0.25, -0.2) is 0 Å². The van der Waals surface area contributed by atoms with Gasteiger partial charge in [-0.2, -0.15) is 0 Å². The smallest absolute Gasteiger partial charge is 0.0704 e. The van der Waals surface area contributed by atoms with Crippen LogP contribution in [0.1, 0.15) is 49.9 Å². The highest BCUT2D eigenvalue weighted by atomic mass is 79.9. The van der Waals surface area contributed by atoms with Crippen molar-refractivity contribution in [1.29, 1.82) is 0 Å². The predicted molar refractivity (Wildman–Crippen MR) is 178 cm³/mol. The van der Waals surface area contributed by atoms with E-state index in [1.54, 1.807) is 10.4 Å². The van der Waals surface area contributed by atoms with Crippen molar-refractivity contribution in [3.63, 3.8) is 0 Å². The molecule has 0 saturated heterocycles. The van der Waals surface area contributed by atoms with Gasteiger partial charge in [0.05, 0.1) is 0 Å². The molecule has 0 unspecified atom stereocenters. The van der Waals surface area contributed by atoms with Gasteiger partial charge < -0.3 is 0 Å². The summed E-state index contributed by atoms with van der Waals surface area (Å²) >= 11 is 7.21. The highest BCUT2D eigenvalue weighted by molar-refractivity contribution is 9.10. The van der Waals surface area contributed by atoms with Crippen molar-refractivity contribution < 1.29 is 0 Å². The van der Waals surface area contributed by atoms with Crippen molar-refractivity contribution in [3.05, 3.63) is 127 Å². The van der Waals surface area contributed by atoms with E-state index in [0.717, 1.165) is 21.8 Å². The first-order chi connectivity index (χ1) is 18.8. The van der Waals surface area contributed by atoms with Gasteiger partial charge in [0.15, 0.2) is 0 Å². The Morgan fingerprint density at radius 1 is 0.538 bits per heavy atom. The molecule has 0 spiro atoms. The van der Waals surface area contributed by atoms with Gasteiger partial charge >= 0.3 is 0 Å². The van der Waals surface area contributed by atoms with E-state index in [4.69, 9.17) is 0 Å². The first-order valence-electron chi connectivity index (χ1n) is 14.0. The lowest BCUT2D eigenvalue weighted by Gasteiger charge is -2.42. The molecule has 3 heteroatoms. The lowest BCUT2D eigenvalue weighted by Crippen LogP contribution is -2.46. The summed E-state index contributed by atoms with van der Waals surface area (Å²) in [4.78, 5) is 0. The van der Waals surface area contributed by atoms with E-state index in [2.05, 4.69) is 157 Å². The van der Waals surface area contributed by atoms with E-state index in [1.165, 1.54) is 44.5 Å². The third kappa shape index (κ3) is 4.57. The Bertz CT molecular complexity index is 1480. The fraction of sp³-hybridized carbons (Fsp3) is 0.222. The Morgan fingerprint density at radius 3 is 1.28 bits per heavy atom. The summed E-state index contributed by atoms with van der Waals surface area (Å²) in [6.07, 6.45) is 7.38. The molecule has 0 saturated carbocycles. The summed E-state index contributed by atoms with van der Waals surface area (Å²) < 4.78 is 2.24. The fourth-order valence-electron chi connectivity index (χ4n) is 7.39. The number of benzene rings is 4. The molecule has 0 nitrogen and oxygen atoms in total. The maximum atomic E-state index is 3.61. The molecule has 4 aromatic rings. The molecule has 0 bridgehead atoms. The molecule has 0 aliphatic heterocycles. The molecule has 2 aliphatic carbocycles. The van der Waals surface area contributed by atoms with E-state index < -0.39 is 8.07 Å². The quantitative estimate of drug-likeness (QED) is 0.182. The monoisotopic (exact) mass is 652 g/mol. The maximum Gasteiger partial charge on any atom is 0.114 e. The Balaban J connectivity index is 1.48. The largest absolute Gasteiger partial charge is 0.114 e. The summed E-state index contributed by atoms with van der Waals surface area (Å²) in [5.74, 6) is 0. The van der Waals surface area contributed by atoms with E-state index in [0.29, 0.717) is 11.1 Å². The summed E-state index contributed by atoms with van der Waals surface area (Å²) in [6, 6.07) is 31.3. The number of hydrogen-bond acceptors (Lipinski definition) is 0. The summed E-state index contributed by atoms with van der Waals surface area (Å²) in [6.45, 7) is 9.96. The lowest BCUT2D eigenvalue weighted by molar-refractivity contribution is 0.896. The number of hydrogen-bond donors (Lipinski definition) is 0. The van der Waals surface area contributed by atoms with Crippen LogP contribution in [0.15, 0.2) is 104 Å². The lowest BCUT2D eigenvalue weighted by atomic mass is 9.97. The maximum absolute atomic E-state index is 3.61. The molecule has 0 heterocycles. The van der Waals surface area contributed by atoms with Crippen molar-refractivity contribution in [2.24, 2.45) is 0 Å². The van der Waals surface area contributed by atoms with E-state index in [-0.39, 0.29) is 0 Å². The summed E-state index contributed by atoms with van der Waals surface area (Å²) in [7, 11) is -2.04. The molecule has 39 heavy (non-hydrogen) atoms. The Hall–Kier alpha value is -2.46. The number of rotatable bonds is 6. The van der Waals surface area contributed by atoms with E-state index in [1.807, 2.05) is 0 Å². The molecule has 2 aliphatic rings. The number of fused-ring (bicyclic) bond motifs is 2. The second-order valence-electron chi connectivity index (χ2n) is 11.6. The molecule has 0 aromatic heterocycles. The van der Waals surface area contributed by atoms with Crippen molar-refractivity contribution >= 4 is 52.1 Å². The van der Waals surface area contributed by atoms with Gasteiger partial charge in [-0.1, -0.05) is 143 Å². The van der Waals surface area contributed by atoms with E-state index >= 15 is 0 Å². The van der Waals surface area contributed by atoms with Crippen LogP contribution in [0.2, 0.25) is 11.1 Å². The topological polar surface area (TPSA) is 0 Å². The number of halogens is 2. The van der Waals surface area contributed by atoms with Crippen LogP contribution < -0.4 is 0 Å². The predicted octanol–water partition coefficient (Wildman–Crippen LogP) is 11.5. The molecule has 196 valence electrons. The zero-order chi connectivity index (χ0) is 27.3. The van der Waals surface area contributed by atoms with Gasteiger partial charge in [-0.3, -0.25) is 0 Å². The van der Waals surface area contributed by atoms with Crippen molar-refractivity contribution in [1.82, 2.24) is 0 Å². The zero-order valence-electron chi connectivity index (χ0n) is 23.1. The second-order valence-corrected chi connectivity index (χ2v) is 18.8. The molecular weight excluding hydrogens is 620 g/mol. The summed E-state index contributed by atoms with van der Waals surface area (Å²) in [5, 5.41) is 3.41. The average Bonchev–Trinajstić information content (AvgIpc) is 3.54. The molecule has 4 aromatic carbocycles. The van der Waals surface area contributed by atoms with Crippen molar-refractivity contribution in [3.8, 4) is 22.3 Å². The van der Waals surface area contributed by atoms with Crippen LogP contribution in [0.4, 0.5) is 0 Å². The third-order valence-corrected chi connectivity index (χ3v) is 16.5. The van der Waals surface area contributed by atoms with Gasteiger partial charge in [0.25, 0.3) is 0 Å². The van der Waals surface area contributed by atoms with Gasteiger partial charge in [0.1, 0.15) is 8.07 Å². The van der Waals surface area contributed by atoms with Crippen molar-refractivity contribution in [2.75, 3.05) is 0 Å². The molecule has 0 fully saturated rings. The fourth-order valence-corrected chi connectivity index (χ4v) is 14.4. The SMILES string of the molecule is CC(C)[Si](C1=Cc2c(cccc2-c2ccc(Br)cc2)C1)(C1=Cc2c(cccc2-c2ccc(Br)cc2)C1)C(C)C. The Labute approximate surface area is 251 Å². The van der Waals surface area contributed by atoms with Crippen LogP contribution in [-0.2, 0) is 12.8 Å². The first kappa shape index (κ1) is 26.7. The minimum atomic E-state index is -2.04. The van der Waals surface area contributed by atoms with Crippen molar-refractivity contribution in [2.45, 2.75) is 51.6 Å². The molecule has 6 rings (SSSR count). The molecule has 0 amide bonds. The molecule has 0 N–H and O–H groups in total. The third-order valence-electron chi connectivity index (χ3n) is 8.99. The molecule has 0 radical (unpaired) electrons. The van der Waals surface area contributed by atoms with Gasteiger partial charge in [-0.15, -0.1) is 0 Å². The van der Waals surface area contributed by atoms with Gasteiger partial charge in [0.2, 0.25) is 0 Å². The van der Waals surface area contributed by atoms with Crippen LogP contribution in [0.5, 0.6) is 0 Å². The zero-order valence-corrected chi connectivity index (χ0v) is 27.2. The Morgan fingerprint density at radius 2 is 0.923 bits per heavy atom. The average molecular weight is 655 g/mol. The van der Waals surface area contributed by atoms with Crippen LogP contribution in [0, 0.1) is 0 Å². The second kappa shape index (κ2) is 10.5. The van der Waals surface area contributed by atoms with Gasteiger partial charge in [0, 0.05) is 8.95 Å².